The largest absolute Gasteiger partial charge is 0.321 e. The Morgan fingerprint density at radius 1 is 1.04 bits per heavy atom. The van der Waals surface area contributed by atoms with Crippen molar-refractivity contribution < 1.29 is 4.79 Å². The smallest absolute Gasteiger partial charge is 0.260 e. The molecular weight excluding hydrogens is 378 g/mol. The Balaban J connectivity index is 1.93. The molecule has 0 spiro atoms. The molecule has 0 fully saturated rings. The van der Waals surface area contributed by atoms with Crippen molar-refractivity contribution in [3.8, 4) is 10.4 Å². The third-order valence-electron chi connectivity index (χ3n) is 4.22. The second-order valence-corrected chi connectivity index (χ2v) is 7.36. The molecule has 3 nitrogen and oxygen atoms in total. The number of aromatic amines is 1. The maximum absolute atomic E-state index is 12.9. The first-order valence-electron chi connectivity index (χ1n) is 8.30. The SMILES string of the molecule is O=C(/C=C/c1ccccc1)c1c(-c2cccs2)c2cc(Cl)ccc2[nH]c1=O. The highest BCUT2D eigenvalue weighted by molar-refractivity contribution is 7.13. The van der Waals surface area contributed by atoms with Crippen molar-refractivity contribution in [2.45, 2.75) is 0 Å². The fourth-order valence-electron chi connectivity index (χ4n) is 3.00. The van der Waals surface area contributed by atoms with E-state index in [1.54, 1.807) is 24.3 Å². The number of carbonyl (C=O) groups is 1. The zero-order valence-electron chi connectivity index (χ0n) is 14.1. The monoisotopic (exact) mass is 391 g/mol. The number of carbonyl (C=O) groups excluding carboxylic acids is 1. The number of rotatable bonds is 4. The van der Waals surface area contributed by atoms with Gasteiger partial charge in [0, 0.05) is 26.4 Å². The zero-order chi connectivity index (χ0) is 18.8. The molecule has 1 N–H and O–H groups in total. The van der Waals surface area contributed by atoms with Crippen LogP contribution in [-0.4, -0.2) is 10.8 Å². The summed E-state index contributed by atoms with van der Waals surface area (Å²) in [7, 11) is 0. The van der Waals surface area contributed by atoms with Gasteiger partial charge in [0.2, 0.25) is 0 Å². The van der Waals surface area contributed by atoms with E-state index in [0.29, 0.717) is 16.1 Å². The van der Waals surface area contributed by atoms with Gasteiger partial charge in [0.25, 0.3) is 5.56 Å². The lowest BCUT2D eigenvalue weighted by Crippen LogP contribution is -2.18. The number of ketones is 1. The summed E-state index contributed by atoms with van der Waals surface area (Å²) < 4.78 is 0. The Morgan fingerprint density at radius 2 is 1.85 bits per heavy atom. The molecule has 27 heavy (non-hydrogen) atoms. The summed E-state index contributed by atoms with van der Waals surface area (Å²) in [6.07, 6.45) is 3.15. The lowest BCUT2D eigenvalue weighted by Gasteiger charge is -2.10. The highest BCUT2D eigenvalue weighted by Crippen LogP contribution is 2.34. The van der Waals surface area contributed by atoms with Crippen molar-refractivity contribution >= 4 is 45.7 Å². The first-order chi connectivity index (χ1) is 13.1. The number of benzene rings is 2. The maximum atomic E-state index is 12.9. The van der Waals surface area contributed by atoms with Gasteiger partial charge in [-0.25, -0.2) is 0 Å². The van der Waals surface area contributed by atoms with Crippen LogP contribution in [0.2, 0.25) is 5.02 Å². The minimum atomic E-state index is -0.407. The minimum absolute atomic E-state index is 0.124. The summed E-state index contributed by atoms with van der Waals surface area (Å²) in [5.74, 6) is -0.342. The Hall–Kier alpha value is -2.95. The van der Waals surface area contributed by atoms with Gasteiger partial charge in [-0.15, -0.1) is 11.3 Å². The Kier molecular flexibility index (Phi) is 4.75. The van der Waals surface area contributed by atoms with Crippen LogP contribution in [0.5, 0.6) is 0 Å². The quantitative estimate of drug-likeness (QED) is 0.352. The van der Waals surface area contributed by atoms with Crippen LogP contribution >= 0.6 is 22.9 Å². The highest BCUT2D eigenvalue weighted by atomic mass is 35.5. The van der Waals surface area contributed by atoms with Gasteiger partial charge < -0.3 is 4.98 Å². The number of halogens is 1. The molecule has 4 rings (SSSR count). The van der Waals surface area contributed by atoms with Crippen LogP contribution in [-0.2, 0) is 0 Å². The van der Waals surface area contributed by atoms with E-state index in [1.165, 1.54) is 17.4 Å². The van der Waals surface area contributed by atoms with Crippen LogP contribution < -0.4 is 5.56 Å². The molecule has 0 bridgehead atoms. The van der Waals surface area contributed by atoms with Gasteiger partial charge in [0.15, 0.2) is 5.78 Å². The zero-order valence-corrected chi connectivity index (χ0v) is 15.7. The Labute approximate surface area is 164 Å². The maximum Gasteiger partial charge on any atom is 0.260 e. The van der Waals surface area contributed by atoms with Crippen molar-refractivity contribution in [3.05, 3.63) is 98.6 Å². The van der Waals surface area contributed by atoms with Gasteiger partial charge in [0.1, 0.15) is 0 Å². The lowest BCUT2D eigenvalue weighted by molar-refractivity contribution is 0.104. The summed E-state index contributed by atoms with van der Waals surface area (Å²) in [5.41, 5.74) is 1.88. The van der Waals surface area contributed by atoms with Gasteiger partial charge in [-0.05, 0) is 41.3 Å². The standard InChI is InChI=1S/C22H14ClNO2S/c23-15-9-10-17-16(13-15)20(19-7-4-12-27-19)21(22(26)24-17)18(25)11-8-14-5-2-1-3-6-14/h1-13H,(H,24,26)/b11-8+. The Bertz CT molecular complexity index is 1210. The van der Waals surface area contributed by atoms with Gasteiger partial charge in [-0.3, -0.25) is 9.59 Å². The topological polar surface area (TPSA) is 49.9 Å². The van der Waals surface area contributed by atoms with E-state index >= 15 is 0 Å². The predicted molar refractivity (Wildman–Crippen MR) is 113 cm³/mol. The highest BCUT2D eigenvalue weighted by Gasteiger charge is 2.20. The number of aromatic nitrogens is 1. The summed E-state index contributed by atoms with van der Waals surface area (Å²) in [6, 6.07) is 18.5. The van der Waals surface area contributed by atoms with E-state index in [-0.39, 0.29) is 11.3 Å². The molecule has 2 aromatic heterocycles. The molecule has 0 aliphatic heterocycles. The van der Waals surface area contributed by atoms with Crippen LogP contribution in [0.25, 0.3) is 27.4 Å². The molecule has 0 saturated heterocycles. The van der Waals surface area contributed by atoms with Crippen LogP contribution in [0.3, 0.4) is 0 Å². The molecule has 0 atom stereocenters. The summed E-state index contributed by atoms with van der Waals surface area (Å²) >= 11 is 7.66. The molecule has 0 saturated carbocycles. The van der Waals surface area contributed by atoms with Crippen LogP contribution in [0, 0.1) is 0 Å². The Morgan fingerprint density at radius 3 is 2.59 bits per heavy atom. The lowest BCUT2D eigenvalue weighted by atomic mass is 9.98. The molecule has 2 heterocycles. The molecule has 0 amide bonds. The summed E-state index contributed by atoms with van der Waals surface area (Å²) in [5, 5.41) is 3.22. The molecule has 0 radical (unpaired) electrons. The molecule has 132 valence electrons. The third-order valence-corrected chi connectivity index (χ3v) is 5.34. The fourth-order valence-corrected chi connectivity index (χ4v) is 3.96. The van der Waals surface area contributed by atoms with Crippen molar-refractivity contribution in [2.75, 3.05) is 0 Å². The number of fused-ring (bicyclic) bond motifs is 1. The first kappa shape index (κ1) is 17.5. The van der Waals surface area contributed by atoms with E-state index in [4.69, 9.17) is 11.6 Å². The second kappa shape index (κ2) is 7.35. The van der Waals surface area contributed by atoms with Gasteiger partial charge in [-0.2, -0.15) is 0 Å². The van der Waals surface area contributed by atoms with Crippen LogP contribution in [0.4, 0.5) is 0 Å². The van der Waals surface area contributed by atoms with E-state index in [1.807, 2.05) is 47.8 Å². The van der Waals surface area contributed by atoms with Gasteiger partial charge >= 0.3 is 0 Å². The molecular formula is C22H14ClNO2S. The molecule has 0 aliphatic carbocycles. The number of allylic oxidation sites excluding steroid dienone is 1. The number of H-pyrrole nitrogens is 1. The number of hydrogen-bond acceptors (Lipinski definition) is 3. The van der Waals surface area contributed by atoms with E-state index in [0.717, 1.165) is 15.8 Å². The molecule has 5 heteroatoms. The second-order valence-electron chi connectivity index (χ2n) is 5.98. The van der Waals surface area contributed by atoms with Crippen molar-refractivity contribution in [1.29, 1.82) is 0 Å². The molecule has 4 aromatic rings. The van der Waals surface area contributed by atoms with E-state index < -0.39 is 5.56 Å². The predicted octanol–water partition coefficient (Wildman–Crippen LogP) is 5.81. The number of pyridine rings is 1. The normalized spacial score (nSPS) is 11.3. The fraction of sp³-hybridized carbons (Fsp3) is 0. The van der Waals surface area contributed by atoms with Crippen molar-refractivity contribution in [2.24, 2.45) is 0 Å². The number of hydrogen-bond donors (Lipinski definition) is 1. The van der Waals surface area contributed by atoms with E-state index in [2.05, 4.69) is 4.98 Å². The van der Waals surface area contributed by atoms with Crippen molar-refractivity contribution in [1.82, 2.24) is 4.98 Å². The average Bonchev–Trinajstić information content (AvgIpc) is 3.20. The van der Waals surface area contributed by atoms with Crippen molar-refractivity contribution in [3.63, 3.8) is 0 Å². The summed E-state index contributed by atoms with van der Waals surface area (Å²) in [4.78, 5) is 29.4. The first-order valence-corrected chi connectivity index (χ1v) is 9.56. The molecule has 0 unspecified atom stereocenters. The van der Waals surface area contributed by atoms with Crippen LogP contribution in [0.1, 0.15) is 15.9 Å². The third kappa shape index (κ3) is 3.50. The van der Waals surface area contributed by atoms with Gasteiger partial charge in [-0.1, -0.05) is 54.1 Å². The number of thiophene rings is 1. The molecule has 2 aromatic carbocycles. The average molecular weight is 392 g/mol. The van der Waals surface area contributed by atoms with E-state index in [9.17, 15) is 9.59 Å². The van der Waals surface area contributed by atoms with Gasteiger partial charge in [0.05, 0.1) is 5.56 Å². The van der Waals surface area contributed by atoms with Crippen LogP contribution in [0.15, 0.2) is 76.9 Å². The minimum Gasteiger partial charge on any atom is -0.321 e. The molecule has 0 aliphatic rings. The summed E-state index contributed by atoms with van der Waals surface area (Å²) in [6.45, 7) is 0. The number of nitrogens with one attached hydrogen (secondary N) is 1.